The summed E-state index contributed by atoms with van der Waals surface area (Å²) < 4.78 is 0.867. The van der Waals surface area contributed by atoms with Crippen molar-refractivity contribution in [3.8, 4) is 0 Å². The molecule has 1 rings (SSSR count). The van der Waals surface area contributed by atoms with Gasteiger partial charge in [-0.05, 0) is 17.7 Å². The average Bonchev–Trinajstić information content (AvgIpc) is 2.29. The minimum absolute atomic E-state index is 0.0890. The number of hydrogen-bond donors (Lipinski definition) is 3. The van der Waals surface area contributed by atoms with E-state index in [0.29, 0.717) is 12.0 Å². The van der Waals surface area contributed by atoms with Gasteiger partial charge in [0.05, 0.1) is 0 Å². The lowest BCUT2D eigenvalue weighted by Gasteiger charge is -2.25. The molecule has 0 aliphatic heterocycles. The molecule has 86 valence electrons. The van der Waals surface area contributed by atoms with Crippen molar-refractivity contribution >= 4 is 28.2 Å². The van der Waals surface area contributed by atoms with E-state index in [1.165, 1.54) is 0 Å². The van der Waals surface area contributed by atoms with Crippen LogP contribution in [0.1, 0.15) is 5.56 Å². The fraction of sp³-hybridized carbons (Fsp3) is 0.200. The van der Waals surface area contributed by atoms with Gasteiger partial charge < -0.3 is 11.5 Å². The minimum atomic E-state index is -1.39. The van der Waals surface area contributed by atoms with Gasteiger partial charge in [0.2, 0.25) is 6.41 Å². The molecule has 0 spiro atoms. The maximum atomic E-state index is 11.6. The third-order valence-corrected chi connectivity index (χ3v) is 2.81. The first-order valence-electron chi connectivity index (χ1n) is 4.54. The maximum absolute atomic E-state index is 11.6. The smallest absolute Gasteiger partial charge is 0.252 e. The molecule has 1 unspecified atom stereocenters. The van der Waals surface area contributed by atoms with E-state index >= 15 is 0 Å². The van der Waals surface area contributed by atoms with Crippen molar-refractivity contribution in [2.75, 3.05) is 6.54 Å². The van der Waals surface area contributed by atoms with E-state index < -0.39 is 11.4 Å². The fourth-order valence-corrected chi connectivity index (χ4v) is 1.54. The number of benzene rings is 1. The third kappa shape index (κ3) is 2.46. The lowest BCUT2D eigenvalue weighted by atomic mass is 9.90. The highest BCUT2D eigenvalue weighted by atomic mass is 79.9. The molecule has 0 saturated carbocycles. The number of halogens is 1. The Labute approximate surface area is 101 Å². The molecule has 5 N–H and O–H groups in total. The van der Waals surface area contributed by atoms with Crippen LogP contribution in [-0.4, -0.2) is 18.9 Å². The second-order valence-electron chi connectivity index (χ2n) is 3.27. The summed E-state index contributed by atoms with van der Waals surface area (Å²) in [5.41, 5.74) is 10.5. The molecule has 0 aliphatic carbocycles. The van der Waals surface area contributed by atoms with Gasteiger partial charge in [-0.1, -0.05) is 28.1 Å². The standard InChI is InChI=1S/C10H12BrN3O2/c11-8-3-1-7(2-4-8)10(13,5-12)9(16)14-6-15/h1-4,6H,5,12-13H2,(H,14,15,16). The van der Waals surface area contributed by atoms with Crippen LogP contribution in [0.25, 0.3) is 0 Å². The quantitative estimate of drug-likeness (QED) is 0.669. The van der Waals surface area contributed by atoms with Gasteiger partial charge in [0.25, 0.3) is 5.91 Å². The molecule has 0 fully saturated rings. The molecule has 1 atom stereocenters. The van der Waals surface area contributed by atoms with Gasteiger partial charge in [-0.3, -0.25) is 14.9 Å². The van der Waals surface area contributed by atoms with Crippen LogP contribution in [0.3, 0.4) is 0 Å². The minimum Gasteiger partial charge on any atom is -0.328 e. The van der Waals surface area contributed by atoms with Gasteiger partial charge in [-0.25, -0.2) is 0 Å². The second kappa shape index (κ2) is 5.20. The van der Waals surface area contributed by atoms with Crippen LogP contribution >= 0.6 is 15.9 Å². The number of nitrogens with one attached hydrogen (secondary N) is 1. The summed E-state index contributed by atoms with van der Waals surface area (Å²) in [6.07, 6.45) is 0.290. The molecular weight excluding hydrogens is 274 g/mol. The van der Waals surface area contributed by atoms with E-state index in [1.807, 2.05) is 5.32 Å². The fourth-order valence-electron chi connectivity index (χ4n) is 1.27. The summed E-state index contributed by atoms with van der Waals surface area (Å²) in [5, 5.41) is 2.01. The van der Waals surface area contributed by atoms with Crippen LogP contribution in [0.15, 0.2) is 28.7 Å². The molecule has 1 aromatic carbocycles. The van der Waals surface area contributed by atoms with Gasteiger partial charge in [-0.15, -0.1) is 0 Å². The van der Waals surface area contributed by atoms with Crippen LogP contribution < -0.4 is 16.8 Å². The summed E-state index contributed by atoms with van der Waals surface area (Å²) >= 11 is 3.27. The van der Waals surface area contributed by atoms with Gasteiger partial charge >= 0.3 is 0 Å². The monoisotopic (exact) mass is 285 g/mol. The summed E-state index contributed by atoms with van der Waals surface area (Å²) in [7, 11) is 0. The number of imide groups is 1. The molecule has 1 aromatic rings. The molecule has 0 aliphatic rings. The Bertz CT molecular complexity index is 394. The van der Waals surface area contributed by atoms with Crippen molar-refractivity contribution in [1.82, 2.24) is 5.32 Å². The summed E-state index contributed by atoms with van der Waals surface area (Å²) in [5.74, 6) is -0.618. The maximum Gasteiger partial charge on any atom is 0.252 e. The second-order valence-corrected chi connectivity index (χ2v) is 4.19. The lowest BCUT2D eigenvalue weighted by molar-refractivity contribution is -0.129. The molecule has 6 heteroatoms. The largest absolute Gasteiger partial charge is 0.328 e. The average molecular weight is 286 g/mol. The molecule has 0 saturated heterocycles. The van der Waals surface area contributed by atoms with Crippen molar-refractivity contribution in [2.45, 2.75) is 5.54 Å². The van der Waals surface area contributed by atoms with Crippen molar-refractivity contribution in [1.29, 1.82) is 0 Å². The number of nitrogens with two attached hydrogens (primary N) is 2. The van der Waals surface area contributed by atoms with E-state index in [0.717, 1.165) is 4.47 Å². The van der Waals surface area contributed by atoms with E-state index in [-0.39, 0.29) is 6.54 Å². The summed E-state index contributed by atoms with van der Waals surface area (Å²) in [4.78, 5) is 21.8. The first kappa shape index (κ1) is 12.8. The van der Waals surface area contributed by atoms with Crippen molar-refractivity contribution in [2.24, 2.45) is 11.5 Å². The topological polar surface area (TPSA) is 98.2 Å². The van der Waals surface area contributed by atoms with Gasteiger partial charge in [0.1, 0.15) is 5.54 Å². The number of hydrogen-bond acceptors (Lipinski definition) is 4. The zero-order valence-corrected chi connectivity index (χ0v) is 10.0. The Hall–Kier alpha value is -1.24. The number of carbonyl (C=O) groups is 2. The van der Waals surface area contributed by atoms with Gasteiger partial charge in [-0.2, -0.15) is 0 Å². The van der Waals surface area contributed by atoms with Crippen molar-refractivity contribution < 1.29 is 9.59 Å². The summed E-state index contributed by atoms with van der Waals surface area (Å²) in [6, 6.07) is 6.87. The summed E-state index contributed by atoms with van der Waals surface area (Å²) in [6.45, 7) is -0.0890. The normalized spacial score (nSPS) is 13.9. The first-order chi connectivity index (χ1) is 7.54. The lowest BCUT2D eigenvalue weighted by Crippen LogP contribution is -2.55. The molecule has 0 aromatic heterocycles. The Morgan fingerprint density at radius 3 is 2.44 bits per heavy atom. The Morgan fingerprint density at radius 1 is 1.44 bits per heavy atom. The van der Waals surface area contributed by atoms with Gasteiger partial charge in [0, 0.05) is 11.0 Å². The van der Waals surface area contributed by atoms with E-state index in [2.05, 4.69) is 15.9 Å². The molecule has 5 nitrogen and oxygen atoms in total. The van der Waals surface area contributed by atoms with Crippen LogP contribution in [0.5, 0.6) is 0 Å². The highest BCUT2D eigenvalue weighted by molar-refractivity contribution is 9.10. The predicted octanol–water partition coefficient (Wildman–Crippen LogP) is -0.166. The molecular formula is C10H12BrN3O2. The zero-order valence-electron chi connectivity index (χ0n) is 8.44. The highest BCUT2D eigenvalue weighted by Crippen LogP contribution is 2.20. The van der Waals surface area contributed by atoms with Gasteiger partial charge in [0.15, 0.2) is 0 Å². The first-order valence-corrected chi connectivity index (χ1v) is 5.33. The molecule has 0 bridgehead atoms. The molecule has 0 heterocycles. The number of carbonyl (C=O) groups excluding carboxylic acids is 2. The predicted molar refractivity (Wildman–Crippen MR) is 63.3 cm³/mol. The van der Waals surface area contributed by atoms with Crippen molar-refractivity contribution in [3.63, 3.8) is 0 Å². The Kier molecular flexibility index (Phi) is 4.17. The molecule has 2 amide bonds. The van der Waals surface area contributed by atoms with Crippen molar-refractivity contribution in [3.05, 3.63) is 34.3 Å². The third-order valence-electron chi connectivity index (χ3n) is 2.28. The van der Waals surface area contributed by atoms with E-state index in [1.54, 1.807) is 24.3 Å². The van der Waals surface area contributed by atoms with Crippen LogP contribution in [0, 0.1) is 0 Å². The van der Waals surface area contributed by atoms with E-state index in [4.69, 9.17) is 11.5 Å². The van der Waals surface area contributed by atoms with Crippen LogP contribution in [-0.2, 0) is 15.1 Å². The number of amides is 2. The Morgan fingerprint density at radius 2 is 2.00 bits per heavy atom. The highest BCUT2D eigenvalue weighted by Gasteiger charge is 2.34. The SMILES string of the molecule is NCC(N)(C(=O)NC=O)c1ccc(Br)cc1. The Balaban J connectivity index is 3.08. The zero-order chi connectivity index (χ0) is 12.2. The van der Waals surface area contributed by atoms with Crippen LogP contribution in [0.4, 0.5) is 0 Å². The van der Waals surface area contributed by atoms with Crippen LogP contribution in [0.2, 0.25) is 0 Å². The number of rotatable bonds is 4. The van der Waals surface area contributed by atoms with E-state index in [9.17, 15) is 9.59 Å². The molecule has 16 heavy (non-hydrogen) atoms. The molecule has 0 radical (unpaired) electrons.